The minimum Gasteiger partial charge on any atom is -0.507 e. The van der Waals surface area contributed by atoms with Crippen LogP contribution in [0.2, 0.25) is 5.02 Å². The summed E-state index contributed by atoms with van der Waals surface area (Å²) in [5.41, 5.74) is 0.549. The molecule has 1 aromatic heterocycles. The predicted octanol–water partition coefficient (Wildman–Crippen LogP) is 3.46. The van der Waals surface area contributed by atoms with Crippen molar-refractivity contribution < 1.29 is 9.90 Å². The second-order valence-electron chi connectivity index (χ2n) is 3.47. The molecule has 1 aromatic carbocycles. The van der Waals surface area contributed by atoms with Crippen LogP contribution in [0.15, 0.2) is 41.1 Å². The van der Waals surface area contributed by atoms with Crippen LogP contribution in [0, 0.1) is 0 Å². The van der Waals surface area contributed by atoms with E-state index in [1.165, 1.54) is 24.5 Å². The molecule has 2 aromatic rings. The molecule has 1 heterocycles. The Morgan fingerprint density at radius 3 is 2.89 bits per heavy atom. The maximum absolute atomic E-state index is 12.0. The lowest BCUT2D eigenvalue weighted by atomic mass is 10.2. The highest BCUT2D eigenvalue weighted by molar-refractivity contribution is 9.10. The van der Waals surface area contributed by atoms with Crippen LogP contribution < -0.4 is 5.32 Å². The number of aromatic nitrogens is 1. The Hall–Kier alpha value is -1.59. The van der Waals surface area contributed by atoms with Gasteiger partial charge in [-0.3, -0.25) is 9.78 Å². The van der Waals surface area contributed by atoms with E-state index in [9.17, 15) is 9.90 Å². The SMILES string of the molecule is O=C(Nc1cnccc1Cl)c1cc(Br)ccc1O. The molecule has 0 saturated carbocycles. The Kier molecular flexibility index (Phi) is 3.84. The van der Waals surface area contributed by atoms with E-state index in [-0.39, 0.29) is 11.3 Å². The summed E-state index contributed by atoms with van der Waals surface area (Å²) in [5.74, 6) is -0.556. The highest BCUT2D eigenvalue weighted by Crippen LogP contribution is 2.25. The molecule has 0 aliphatic rings. The molecular weight excluding hydrogens is 320 g/mol. The molecule has 0 unspecified atom stereocenters. The van der Waals surface area contributed by atoms with Crippen LogP contribution in [0.25, 0.3) is 0 Å². The lowest BCUT2D eigenvalue weighted by molar-refractivity contribution is 0.102. The van der Waals surface area contributed by atoms with Gasteiger partial charge in [0.2, 0.25) is 0 Å². The number of carbonyl (C=O) groups excluding carboxylic acids is 1. The van der Waals surface area contributed by atoms with E-state index < -0.39 is 5.91 Å². The third-order valence-corrected chi connectivity index (χ3v) is 3.04. The van der Waals surface area contributed by atoms with Crippen molar-refractivity contribution in [3.05, 3.63) is 51.7 Å². The number of phenols is 1. The first-order chi connectivity index (χ1) is 8.58. The molecule has 0 spiro atoms. The minimum absolute atomic E-state index is 0.101. The molecule has 0 bridgehead atoms. The van der Waals surface area contributed by atoms with Gasteiger partial charge in [-0.25, -0.2) is 0 Å². The molecule has 0 aliphatic heterocycles. The number of aromatic hydroxyl groups is 1. The van der Waals surface area contributed by atoms with Crippen LogP contribution in [0.1, 0.15) is 10.4 Å². The molecule has 6 heteroatoms. The van der Waals surface area contributed by atoms with E-state index in [0.29, 0.717) is 15.2 Å². The number of nitrogens with zero attached hydrogens (tertiary/aromatic N) is 1. The van der Waals surface area contributed by atoms with E-state index in [4.69, 9.17) is 11.6 Å². The number of pyridine rings is 1. The van der Waals surface area contributed by atoms with Gasteiger partial charge in [0.05, 0.1) is 22.5 Å². The van der Waals surface area contributed by atoms with Gasteiger partial charge in [-0.05, 0) is 24.3 Å². The molecule has 4 nitrogen and oxygen atoms in total. The van der Waals surface area contributed by atoms with Gasteiger partial charge >= 0.3 is 0 Å². The lowest BCUT2D eigenvalue weighted by Gasteiger charge is -2.08. The Labute approximate surface area is 117 Å². The molecule has 2 rings (SSSR count). The summed E-state index contributed by atoms with van der Waals surface area (Å²) in [6, 6.07) is 6.17. The third kappa shape index (κ3) is 2.80. The van der Waals surface area contributed by atoms with Crippen LogP contribution in [0.5, 0.6) is 5.75 Å². The number of carbonyl (C=O) groups is 1. The number of amides is 1. The Morgan fingerprint density at radius 2 is 2.17 bits per heavy atom. The first-order valence-electron chi connectivity index (χ1n) is 4.97. The van der Waals surface area contributed by atoms with Gasteiger partial charge in [-0.1, -0.05) is 27.5 Å². The zero-order valence-corrected chi connectivity index (χ0v) is 11.4. The summed E-state index contributed by atoms with van der Waals surface area (Å²) < 4.78 is 0.697. The summed E-state index contributed by atoms with van der Waals surface area (Å²) >= 11 is 9.14. The van der Waals surface area contributed by atoms with E-state index >= 15 is 0 Å². The molecule has 18 heavy (non-hydrogen) atoms. The monoisotopic (exact) mass is 326 g/mol. The van der Waals surface area contributed by atoms with Gasteiger partial charge in [0.15, 0.2) is 0 Å². The summed E-state index contributed by atoms with van der Waals surface area (Å²) in [4.78, 5) is 15.8. The average Bonchev–Trinajstić information content (AvgIpc) is 2.35. The van der Waals surface area contributed by atoms with Crippen molar-refractivity contribution in [3.63, 3.8) is 0 Å². The first kappa shape index (κ1) is 12.9. The fraction of sp³-hybridized carbons (Fsp3) is 0. The topological polar surface area (TPSA) is 62.2 Å². The van der Waals surface area contributed by atoms with Crippen LogP contribution in [0.3, 0.4) is 0 Å². The van der Waals surface area contributed by atoms with E-state index in [2.05, 4.69) is 26.2 Å². The van der Waals surface area contributed by atoms with Crippen LogP contribution in [0.4, 0.5) is 5.69 Å². The quantitative estimate of drug-likeness (QED) is 0.888. The fourth-order valence-corrected chi connectivity index (χ4v) is 1.86. The second kappa shape index (κ2) is 5.37. The smallest absolute Gasteiger partial charge is 0.259 e. The zero-order chi connectivity index (χ0) is 13.1. The molecule has 0 fully saturated rings. The van der Waals surface area contributed by atoms with E-state index in [0.717, 1.165) is 0 Å². The van der Waals surface area contributed by atoms with Gasteiger partial charge in [0.25, 0.3) is 5.91 Å². The average molecular weight is 328 g/mol. The predicted molar refractivity (Wildman–Crippen MR) is 73.0 cm³/mol. The minimum atomic E-state index is -0.455. The van der Waals surface area contributed by atoms with Crippen molar-refractivity contribution >= 4 is 39.1 Å². The largest absolute Gasteiger partial charge is 0.507 e. The van der Waals surface area contributed by atoms with Gasteiger partial charge in [-0.15, -0.1) is 0 Å². The van der Waals surface area contributed by atoms with Gasteiger partial charge in [0, 0.05) is 10.7 Å². The van der Waals surface area contributed by atoms with Gasteiger partial charge in [0.1, 0.15) is 5.75 Å². The highest BCUT2D eigenvalue weighted by Gasteiger charge is 2.13. The molecule has 0 radical (unpaired) electrons. The molecule has 2 N–H and O–H groups in total. The van der Waals surface area contributed by atoms with Crippen molar-refractivity contribution in [3.8, 4) is 5.75 Å². The van der Waals surface area contributed by atoms with Crippen molar-refractivity contribution in [2.75, 3.05) is 5.32 Å². The van der Waals surface area contributed by atoms with Crippen molar-refractivity contribution in [1.82, 2.24) is 4.98 Å². The van der Waals surface area contributed by atoms with Crippen molar-refractivity contribution in [2.45, 2.75) is 0 Å². The number of nitrogens with one attached hydrogen (secondary N) is 1. The van der Waals surface area contributed by atoms with E-state index in [1.54, 1.807) is 12.1 Å². The summed E-state index contributed by atoms with van der Waals surface area (Å²) in [5, 5.41) is 12.6. The fourth-order valence-electron chi connectivity index (χ4n) is 1.35. The summed E-state index contributed by atoms with van der Waals surface area (Å²) in [7, 11) is 0. The summed E-state index contributed by atoms with van der Waals surface area (Å²) in [6.45, 7) is 0. The van der Waals surface area contributed by atoms with Gasteiger partial charge in [-0.2, -0.15) is 0 Å². The number of halogens is 2. The van der Waals surface area contributed by atoms with Crippen LogP contribution >= 0.6 is 27.5 Å². The summed E-state index contributed by atoms with van der Waals surface area (Å²) in [6.07, 6.45) is 2.96. The van der Waals surface area contributed by atoms with E-state index in [1.807, 2.05) is 0 Å². The molecule has 0 aliphatic carbocycles. The molecule has 92 valence electrons. The Balaban J connectivity index is 2.28. The normalized spacial score (nSPS) is 10.1. The van der Waals surface area contributed by atoms with Crippen LogP contribution in [-0.4, -0.2) is 16.0 Å². The Morgan fingerprint density at radius 1 is 1.39 bits per heavy atom. The molecule has 1 amide bonds. The maximum Gasteiger partial charge on any atom is 0.259 e. The standard InChI is InChI=1S/C12H8BrClN2O2/c13-7-1-2-11(17)8(5-7)12(18)16-10-6-15-4-3-9(10)14/h1-6,17H,(H,16,18). The second-order valence-corrected chi connectivity index (χ2v) is 4.79. The number of anilines is 1. The molecule has 0 saturated heterocycles. The number of benzene rings is 1. The zero-order valence-electron chi connectivity index (χ0n) is 9.02. The lowest BCUT2D eigenvalue weighted by Crippen LogP contribution is -2.12. The molecular formula is C12H8BrClN2O2. The maximum atomic E-state index is 12.0. The number of hydrogen-bond acceptors (Lipinski definition) is 3. The number of phenolic OH excluding ortho intramolecular Hbond substituents is 1. The van der Waals surface area contributed by atoms with Crippen molar-refractivity contribution in [2.24, 2.45) is 0 Å². The highest BCUT2D eigenvalue weighted by atomic mass is 79.9. The number of hydrogen-bond donors (Lipinski definition) is 2. The van der Waals surface area contributed by atoms with Crippen molar-refractivity contribution in [1.29, 1.82) is 0 Å². The number of rotatable bonds is 2. The Bertz CT molecular complexity index is 604. The van der Waals surface area contributed by atoms with Gasteiger partial charge < -0.3 is 10.4 Å². The first-order valence-corrected chi connectivity index (χ1v) is 6.14. The third-order valence-electron chi connectivity index (χ3n) is 2.22. The van der Waals surface area contributed by atoms with Crippen LogP contribution in [-0.2, 0) is 0 Å². The molecule has 0 atom stereocenters.